The lowest BCUT2D eigenvalue weighted by Gasteiger charge is -2.30. The first-order valence-electron chi connectivity index (χ1n) is 32.5. The van der Waals surface area contributed by atoms with Gasteiger partial charge in [-0.2, -0.15) is 0 Å². The number of hydrogen-bond donors (Lipinski definition) is 14. The standard InChI is InChI=1S/C69H101N11O14/c1-37(2)28-51(62(86)73-52(29-38(3)4)63(87)77-55(33-43-18-14-13-15-19-43)66(90)75-53(30-39(5)6)65(89)79-57(69(93)94)32-41(9)10)74-64(88)54(31-40(7)8)78-68(92)59(42(11)12)80-67(91)56(34-44-22-24-46(81)25-23-44)76-61(85)50(26-27-58(82)83)72-60(84)48(70)35-45-36-71-49-21-17-16-20-47(45)49/h13-25,36-42,48,50-57,59,71,81H,26-35,70H2,1-12H3,(H,72,84)(H,73,86)(H,74,88)(H,75,90)(H,76,85)(H,77,87)(H,78,92)(H,79,89)(H,80,91)(H,82,83)(H,93,94)/t48-,50-,51-,52-,53-,54-,55-,56-,57-,59-/m0/s1. The molecule has 1 aromatic heterocycles. The number of hydrogen-bond acceptors (Lipinski definition) is 13. The number of benzene rings is 3. The fraction of sp³-hybridized carbons (Fsp3) is 0.551. The highest BCUT2D eigenvalue weighted by molar-refractivity contribution is 5.99. The van der Waals surface area contributed by atoms with Crippen molar-refractivity contribution in [3.8, 4) is 5.75 Å². The number of phenolic OH excluding ortho intramolecular Hbond substituents is 1. The molecule has 4 rings (SSSR count). The Morgan fingerprint density at radius 2 is 0.766 bits per heavy atom. The van der Waals surface area contributed by atoms with Crippen LogP contribution in [0.25, 0.3) is 10.9 Å². The number of H-pyrrole nitrogens is 1. The molecule has 15 N–H and O–H groups in total. The molecular formula is C69H101N11O14. The van der Waals surface area contributed by atoms with E-state index in [1.807, 2.05) is 93.5 Å². The Hall–Kier alpha value is -8.87. The van der Waals surface area contributed by atoms with Gasteiger partial charge in [0.15, 0.2) is 0 Å². The van der Waals surface area contributed by atoms with E-state index in [0.29, 0.717) is 11.1 Å². The summed E-state index contributed by atoms with van der Waals surface area (Å²) in [6.07, 6.45) is 1.11. The van der Waals surface area contributed by atoms with E-state index in [4.69, 9.17) is 5.73 Å². The van der Waals surface area contributed by atoms with Gasteiger partial charge >= 0.3 is 11.9 Å². The zero-order chi connectivity index (χ0) is 70.1. The smallest absolute Gasteiger partial charge is 0.326 e. The fourth-order valence-corrected chi connectivity index (χ4v) is 10.8. The van der Waals surface area contributed by atoms with Gasteiger partial charge in [0.05, 0.1) is 6.04 Å². The van der Waals surface area contributed by atoms with Gasteiger partial charge in [-0.15, -0.1) is 0 Å². The second kappa shape index (κ2) is 37.7. The molecule has 0 fully saturated rings. The minimum atomic E-state index is -1.49. The molecule has 94 heavy (non-hydrogen) atoms. The number of carbonyl (C=O) groups is 11. The Morgan fingerprint density at radius 3 is 1.20 bits per heavy atom. The number of fused-ring (bicyclic) bond motifs is 1. The largest absolute Gasteiger partial charge is 0.508 e. The summed E-state index contributed by atoms with van der Waals surface area (Å²) >= 11 is 0. The van der Waals surface area contributed by atoms with Gasteiger partial charge in [-0.3, -0.25) is 47.9 Å². The third-order valence-electron chi connectivity index (χ3n) is 15.6. The highest BCUT2D eigenvalue weighted by Crippen LogP contribution is 2.21. The third-order valence-corrected chi connectivity index (χ3v) is 15.6. The van der Waals surface area contributed by atoms with Crippen molar-refractivity contribution in [3.63, 3.8) is 0 Å². The summed E-state index contributed by atoms with van der Waals surface area (Å²) in [6.45, 7) is 21.6. The fourth-order valence-electron chi connectivity index (χ4n) is 10.8. The Morgan fingerprint density at radius 1 is 0.404 bits per heavy atom. The average Bonchev–Trinajstić information content (AvgIpc) is 1.59. The third kappa shape index (κ3) is 26.3. The Bertz CT molecular complexity index is 3190. The highest BCUT2D eigenvalue weighted by atomic mass is 16.4. The van der Waals surface area contributed by atoms with Crippen LogP contribution < -0.4 is 53.6 Å². The number of aromatic amines is 1. The number of aromatic nitrogens is 1. The van der Waals surface area contributed by atoms with Crippen LogP contribution in [0.15, 0.2) is 85.1 Å². The normalized spacial score (nSPS) is 14.8. The Balaban J connectivity index is 1.58. The average molecular weight is 1310 g/mol. The summed E-state index contributed by atoms with van der Waals surface area (Å²) in [5.74, 6) is -11.0. The van der Waals surface area contributed by atoms with E-state index < -0.39 is 138 Å². The van der Waals surface area contributed by atoms with Gasteiger partial charge in [0.25, 0.3) is 0 Å². The van der Waals surface area contributed by atoms with Gasteiger partial charge in [-0.1, -0.05) is 144 Å². The van der Waals surface area contributed by atoms with E-state index in [9.17, 15) is 68.1 Å². The lowest BCUT2D eigenvalue weighted by molar-refractivity contribution is -0.143. The van der Waals surface area contributed by atoms with Crippen LogP contribution in [-0.4, -0.2) is 146 Å². The van der Waals surface area contributed by atoms with Gasteiger partial charge in [0.2, 0.25) is 53.2 Å². The number of carbonyl (C=O) groups excluding carboxylic acids is 9. The number of nitrogens with one attached hydrogen (secondary N) is 10. The molecule has 3 aromatic carbocycles. The predicted octanol–water partition coefficient (Wildman–Crippen LogP) is 4.43. The van der Waals surface area contributed by atoms with Crippen molar-refractivity contribution in [2.45, 2.75) is 208 Å². The number of rotatable bonds is 39. The first kappa shape index (κ1) is 77.6. The van der Waals surface area contributed by atoms with Crippen molar-refractivity contribution in [2.24, 2.45) is 41.2 Å². The maximum absolute atomic E-state index is 14.6. The summed E-state index contributed by atoms with van der Waals surface area (Å²) in [6, 6.07) is 8.99. The number of aromatic hydroxyl groups is 1. The van der Waals surface area contributed by atoms with Crippen molar-refractivity contribution in [3.05, 3.63) is 102 Å². The summed E-state index contributed by atoms with van der Waals surface area (Å²) in [5, 5.41) is 54.9. The van der Waals surface area contributed by atoms with Crippen LogP contribution in [0, 0.1) is 35.5 Å². The summed E-state index contributed by atoms with van der Waals surface area (Å²) in [5.41, 5.74) is 9.03. The van der Waals surface area contributed by atoms with Crippen LogP contribution in [0.5, 0.6) is 5.75 Å². The van der Waals surface area contributed by atoms with E-state index in [-0.39, 0.29) is 93.1 Å². The van der Waals surface area contributed by atoms with Crippen molar-refractivity contribution in [1.82, 2.24) is 52.8 Å². The molecule has 0 radical (unpaired) electrons. The second-order valence-electron chi connectivity index (χ2n) is 26.9. The molecule has 516 valence electrons. The number of phenols is 1. The molecule has 0 spiro atoms. The number of aliphatic carboxylic acids is 2. The maximum Gasteiger partial charge on any atom is 0.326 e. The first-order valence-corrected chi connectivity index (χ1v) is 32.5. The molecular weight excluding hydrogens is 1210 g/mol. The van der Waals surface area contributed by atoms with Gasteiger partial charge in [-0.05, 0) is 115 Å². The molecule has 4 aromatic rings. The Labute approximate surface area is 551 Å². The molecule has 0 aliphatic carbocycles. The zero-order valence-electron chi connectivity index (χ0n) is 56.3. The Kier molecular flexibility index (Phi) is 31.1. The van der Waals surface area contributed by atoms with Crippen LogP contribution in [-0.2, 0) is 72.0 Å². The summed E-state index contributed by atoms with van der Waals surface area (Å²) < 4.78 is 0. The topological polar surface area (TPSA) is 399 Å². The monoisotopic (exact) mass is 1310 g/mol. The lowest BCUT2D eigenvalue weighted by atomic mass is 9.97. The van der Waals surface area contributed by atoms with Crippen molar-refractivity contribution < 1.29 is 68.1 Å². The number of amides is 9. The maximum atomic E-state index is 14.6. The molecule has 25 nitrogen and oxygen atoms in total. The van der Waals surface area contributed by atoms with Crippen molar-refractivity contribution in [1.29, 1.82) is 0 Å². The van der Waals surface area contributed by atoms with E-state index in [0.717, 1.165) is 16.5 Å². The molecule has 0 saturated heterocycles. The molecule has 9 amide bonds. The van der Waals surface area contributed by atoms with Crippen LogP contribution in [0.3, 0.4) is 0 Å². The first-order chi connectivity index (χ1) is 44.2. The van der Waals surface area contributed by atoms with Crippen molar-refractivity contribution in [2.75, 3.05) is 0 Å². The highest BCUT2D eigenvalue weighted by Gasteiger charge is 2.38. The van der Waals surface area contributed by atoms with Gasteiger partial charge in [-0.25, -0.2) is 4.79 Å². The minimum absolute atomic E-state index is 0.0306. The second-order valence-corrected chi connectivity index (χ2v) is 26.9. The number of nitrogens with two attached hydrogens (primary N) is 1. The number of carboxylic acid groups (broad SMARTS) is 2. The summed E-state index contributed by atoms with van der Waals surface area (Å²) in [7, 11) is 0. The van der Waals surface area contributed by atoms with Crippen LogP contribution in [0.2, 0.25) is 0 Å². The quantitative estimate of drug-likeness (QED) is 0.0294. The molecule has 0 saturated carbocycles. The number of carboxylic acids is 2. The van der Waals surface area contributed by atoms with E-state index in [1.54, 1.807) is 50.4 Å². The molecule has 0 aliphatic rings. The SMILES string of the molecule is CC(C)C[C@H](NC(=O)[C@H](CC(C)C)NC(=O)[C@H](Cc1ccccc1)NC(=O)[C@H](CC(C)C)NC(=O)[C@H](CC(C)C)NC(=O)[C@H](CC(C)C)NC(=O)[C@@H](NC(=O)[C@H](Cc1ccc(O)cc1)NC(=O)[C@H](CCC(=O)O)NC(=O)[C@@H](N)Cc1c[nH]c2ccccc12)C(C)C)C(=O)O. The molecule has 1 heterocycles. The summed E-state index contributed by atoms with van der Waals surface area (Å²) in [4.78, 5) is 156. The molecule has 10 atom stereocenters. The minimum Gasteiger partial charge on any atom is -0.508 e. The zero-order valence-corrected chi connectivity index (χ0v) is 56.3. The predicted molar refractivity (Wildman–Crippen MR) is 356 cm³/mol. The van der Waals surface area contributed by atoms with Crippen LogP contribution in [0.4, 0.5) is 0 Å². The van der Waals surface area contributed by atoms with Crippen LogP contribution in [0.1, 0.15) is 145 Å². The van der Waals surface area contributed by atoms with E-state index >= 15 is 0 Å². The lowest BCUT2D eigenvalue weighted by Crippen LogP contribution is -2.61. The van der Waals surface area contributed by atoms with Crippen molar-refractivity contribution >= 4 is 76.0 Å². The molecule has 0 bridgehead atoms. The van der Waals surface area contributed by atoms with Gasteiger partial charge in [0.1, 0.15) is 60.1 Å². The van der Waals surface area contributed by atoms with E-state index in [1.165, 1.54) is 24.3 Å². The van der Waals surface area contributed by atoms with Gasteiger partial charge < -0.3 is 73.9 Å². The molecule has 0 aliphatic heterocycles. The van der Waals surface area contributed by atoms with Crippen LogP contribution >= 0.6 is 0 Å². The van der Waals surface area contributed by atoms with E-state index in [2.05, 4.69) is 52.8 Å². The molecule has 0 unspecified atom stereocenters. The molecule has 25 heteroatoms. The van der Waals surface area contributed by atoms with Gasteiger partial charge in [0, 0.05) is 36.4 Å². The number of para-hydroxylation sites is 1.